The number of anilines is 1. The lowest BCUT2D eigenvalue weighted by Crippen LogP contribution is -2.16. The SMILES string of the molecule is Cc1nn(C(C)C)c(C)c1NS(=O)(=O)Cc1ccc(F)cc1. The van der Waals surface area contributed by atoms with E-state index in [2.05, 4.69) is 9.82 Å². The topological polar surface area (TPSA) is 64.0 Å². The van der Waals surface area contributed by atoms with E-state index in [1.54, 1.807) is 11.6 Å². The van der Waals surface area contributed by atoms with Gasteiger partial charge in [0.05, 0.1) is 22.8 Å². The molecule has 0 bridgehead atoms. The lowest BCUT2D eigenvalue weighted by Gasteiger charge is -2.10. The average molecular weight is 325 g/mol. The molecule has 0 aliphatic carbocycles. The molecule has 2 aromatic rings. The molecule has 1 aromatic heterocycles. The summed E-state index contributed by atoms with van der Waals surface area (Å²) in [5.74, 6) is -0.599. The predicted molar refractivity (Wildman–Crippen MR) is 84.7 cm³/mol. The molecule has 0 fully saturated rings. The zero-order chi connectivity index (χ0) is 16.5. The Kier molecular flexibility index (Phi) is 4.55. The second kappa shape index (κ2) is 6.08. The Morgan fingerprint density at radius 3 is 2.32 bits per heavy atom. The molecule has 1 heterocycles. The van der Waals surface area contributed by atoms with E-state index in [0.717, 1.165) is 5.69 Å². The fourth-order valence-electron chi connectivity index (χ4n) is 2.31. The Labute approximate surface area is 130 Å². The van der Waals surface area contributed by atoms with Crippen LogP contribution in [0.3, 0.4) is 0 Å². The van der Waals surface area contributed by atoms with Crippen LogP contribution >= 0.6 is 0 Å². The molecule has 0 unspecified atom stereocenters. The zero-order valence-corrected chi connectivity index (χ0v) is 13.9. The number of halogens is 1. The fourth-order valence-corrected chi connectivity index (χ4v) is 3.61. The van der Waals surface area contributed by atoms with E-state index in [4.69, 9.17) is 0 Å². The maximum atomic E-state index is 12.9. The highest BCUT2D eigenvalue weighted by molar-refractivity contribution is 7.91. The minimum Gasteiger partial charge on any atom is -0.280 e. The first-order chi connectivity index (χ1) is 10.2. The molecule has 22 heavy (non-hydrogen) atoms. The van der Waals surface area contributed by atoms with Gasteiger partial charge in [-0.25, -0.2) is 12.8 Å². The monoisotopic (exact) mass is 325 g/mol. The Morgan fingerprint density at radius 2 is 1.82 bits per heavy atom. The highest BCUT2D eigenvalue weighted by Gasteiger charge is 2.19. The van der Waals surface area contributed by atoms with Crippen LogP contribution in [0, 0.1) is 19.7 Å². The molecule has 120 valence electrons. The van der Waals surface area contributed by atoms with Gasteiger partial charge in [-0.15, -0.1) is 0 Å². The van der Waals surface area contributed by atoms with E-state index >= 15 is 0 Å². The van der Waals surface area contributed by atoms with Gasteiger partial charge >= 0.3 is 0 Å². The number of aromatic nitrogens is 2. The molecule has 5 nitrogen and oxygen atoms in total. The first kappa shape index (κ1) is 16.5. The van der Waals surface area contributed by atoms with Gasteiger partial charge in [-0.3, -0.25) is 9.40 Å². The maximum absolute atomic E-state index is 12.9. The normalized spacial score (nSPS) is 11.9. The maximum Gasteiger partial charge on any atom is 0.237 e. The second-order valence-electron chi connectivity index (χ2n) is 5.57. The highest BCUT2D eigenvalue weighted by atomic mass is 32.2. The Bertz CT molecular complexity index is 765. The second-order valence-corrected chi connectivity index (χ2v) is 7.29. The number of rotatable bonds is 5. The standard InChI is InChI=1S/C15H20FN3O2S/c1-10(2)19-12(4)15(11(3)17-19)18-22(20,21)9-13-5-7-14(16)8-6-13/h5-8,10,18H,9H2,1-4H3. The summed E-state index contributed by atoms with van der Waals surface area (Å²) in [6.45, 7) is 7.56. The van der Waals surface area contributed by atoms with E-state index in [1.807, 2.05) is 20.8 Å². The van der Waals surface area contributed by atoms with Crippen LogP contribution in [0.1, 0.15) is 36.8 Å². The van der Waals surface area contributed by atoms with Crippen molar-refractivity contribution in [3.8, 4) is 0 Å². The minimum absolute atomic E-state index is 0.147. The fraction of sp³-hybridized carbons (Fsp3) is 0.400. The number of nitrogens with one attached hydrogen (secondary N) is 1. The third-order valence-electron chi connectivity index (χ3n) is 3.34. The number of hydrogen-bond donors (Lipinski definition) is 1. The van der Waals surface area contributed by atoms with Crippen molar-refractivity contribution in [1.29, 1.82) is 0 Å². The first-order valence-corrected chi connectivity index (χ1v) is 8.65. The number of nitrogens with zero attached hydrogens (tertiary/aromatic N) is 2. The van der Waals surface area contributed by atoms with Gasteiger partial charge in [0.1, 0.15) is 5.82 Å². The van der Waals surface area contributed by atoms with Gasteiger partial charge in [0.25, 0.3) is 0 Å². The molecule has 0 atom stereocenters. The lowest BCUT2D eigenvalue weighted by molar-refractivity contribution is 0.516. The van der Waals surface area contributed by atoms with Crippen molar-refractivity contribution < 1.29 is 12.8 Å². The van der Waals surface area contributed by atoms with Crippen LogP contribution in [0.4, 0.5) is 10.1 Å². The van der Waals surface area contributed by atoms with Crippen LogP contribution < -0.4 is 4.72 Å². The van der Waals surface area contributed by atoms with Crippen molar-refractivity contribution in [2.45, 2.75) is 39.5 Å². The molecule has 0 aliphatic heterocycles. The van der Waals surface area contributed by atoms with Crippen LogP contribution in [0.25, 0.3) is 0 Å². The van der Waals surface area contributed by atoms with Crippen molar-refractivity contribution in [3.63, 3.8) is 0 Å². The van der Waals surface area contributed by atoms with E-state index in [9.17, 15) is 12.8 Å². The smallest absolute Gasteiger partial charge is 0.237 e. The third-order valence-corrected chi connectivity index (χ3v) is 4.57. The average Bonchev–Trinajstić information content (AvgIpc) is 2.69. The zero-order valence-electron chi connectivity index (χ0n) is 13.1. The number of hydrogen-bond acceptors (Lipinski definition) is 3. The van der Waals surface area contributed by atoms with Gasteiger partial charge < -0.3 is 0 Å². The summed E-state index contributed by atoms with van der Waals surface area (Å²) in [7, 11) is -3.58. The van der Waals surface area contributed by atoms with Crippen molar-refractivity contribution in [2.75, 3.05) is 4.72 Å². The Hall–Kier alpha value is -1.89. The van der Waals surface area contributed by atoms with Crippen LogP contribution in [0.5, 0.6) is 0 Å². The largest absolute Gasteiger partial charge is 0.280 e. The summed E-state index contributed by atoms with van der Waals surface area (Å²) in [5.41, 5.74) is 2.44. The van der Waals surface area contributed by atoms with E-state index in [-0.39, 0.29) is 17.6 Å². The molecule has 0 spiro atoms. The van der Waals surface area contributed by atoms with Crippen LogP contribution in [0.15, 0.2) is 24.3 Å². The van der Waals surface area contributed by atoms with Gasteiger partial charge in [-0.2, -0.15) is 5.10 Å². The molecule has 1 aromatic carbocycles. The third kappa shape index (κ3) is 3.65. The van der Waals surface area contributed by atoms with Gasteiger partial charge in [0.2, 0.25) is 10.0 Å². The van der Waals surface area contributed by atoms with E-state index in [0.29, 0.717) is 16.9 Å². The van der Waals surface area contributed by atoms with Gasteiger partial charge in [-0.1, -0.05) is 12.1 Å². The van der Waals surface area contributed by atoms with E-state index in [1.165, 1.54) is 24.3 Å². The summed E-state index contributed by atoms with van der Waals surface area (Å²) in [6, 6.07) is 5.57. The van der Waals surface area contributed by atoms with Gasteiger partial charge in [0, 0.05) is 6.04 Å². The highest BCUT2D eigenvalue weighted by Crippen LogP contribution is 2.24. The summed E-state index contributed by atoms with van der Waals surface area (Å²) in [5, 5.41) is 4.35. The van der Waals surface area contributed by atoms with E-state index < -0.39 is 10.0 Å². The Balaban J connectivity index is 2.24. The molecular weight excluding hydrogens is 305 g/mol. The van der Waals surface area contributed by atoms with Crippen LogP contribution in [0.2, 0.25) is 0 Å². The van der Waals surface area contributed by atoms with Crippen molar-refractivity contribution in [1.82, 2.24) is 9.78 Å². The summed E-state index contributed by atoms with van der Waals surface area (Å²) in [4.78, 5) is 0. The lowest BCUT2D eigenvalue weighted by atomic mass is 10.2. The molecule has 0 saturated carbocycles. The van der Waals surface area contributed by atoms with Crippen molar-refractivity contribution in [2.24, 2.45) is 0 Å². The van der Waals surface area contributed by atoms with Gasteiger partial charge in [-0.05, 0) is 45.4 Å². The quantitative estimate of drug-likeness (QED) is 0.918. The summed E-state index contributed by atoms with van der Waals surface area (Å²) >= 11 is 0. The summed E-state index contributed by atoms with van der Waals surface area (Å²) < 4.78 is 41.8. The molecule has 7 heteroatoms. The predicted octanol–water partition coefficient (Wildman–Crippen LogP) is 3.16. The number of aryl methyl sites for hydroxylation is 1. The van der Waals surface area contributed by atoms with Crippen LogP contribution in [-0.2, 0) is 15.8 Å². The van der Waals surface area contributed by atoms with Crippen molar-refractivity contribution >= 4 is 15.7 Å². The molecule has 2 rings (SSSR count). The van der Waals surface area contributed by atoms with Crippen molar-refractivity contribution in [3.05, 3.63) is 47.0 Å². The molecule has 0 saturated heterocycles. The summed E-state index contributed by atoms with van der Waals surface area (Å²) in [6.07, 6.45) is 0. The molecule has 0 radical (unpaired) electrons. The number of benzene rings is 1. The first-order valence-electron chi connectivity index (χ1n) is 7.00. The Morgan fingerprint density at radius 1 is 1.23 bits per heavy atom. The van der Waals surface area contributed by atoms with Gasteiger partial charge in [0.15, 0.2) is 0 Å². The molecule has 0 amide bonds. The molecule has 1 N–H and O–H groups in total. The minimum atomic E-state index is -3.58. The molecule has 0 aliphatic rings. The number of sulfonamides is 1. The van der Waals surface area contributed by atoms with Crippen LogP contribution in [-0.4, -0.2) is 18.2 Å². The molecular formula is C15H20FN3O2S.